The van der Waals surface area contributed by atoms with Gasteiger partial charge in [-0.3, -0.25) is 4.79 Å². The monoisotopic (exact) mass is 460 g/mol. The van der Waals surface area contributed by atoms with Crippen LogP contribution in [-0.4, -0.2) is 24.8 Å². The summed E-state index contributed by atoms with van der Waals surface area (Å²) in [6.07, 6.45) is 3.78. The van der Waals surface area contributed by atoms with Crippen molar-refractivity contribution in [2.75, 3.05) is 13.7 Å². The fraction of sp³-hybridized carbons (Fsp3) is 0.433. The van der Waals surface area contributed by atoms with Gasteiger partial charge >= 0.3 is 5.97 Å². The van der Waals surface area contributed by atoms with Gasteiger partial charge in [0.1, 0.15) is 11.5 Å². The molecule has 1 unspecified atom stereocenters. The van der Waals surface area contributed by atoms with E-state index in [1.54, 1.807) is 7.11 Å². The third-order valence-corrected chi connectivity index (χ3v) is 8.00. The van der Waals surface area contributed by atoms with Gasteiger partial charge in [-0.25, -0.2) is 0 Å². The summed E-state index contributed by atoms with van der Waals surface area (Å²) in [7, 11) is 1.66. The molecule has 3 aromatic rings. The average Bonchev–Trinajstić information content (AvgIpc) is 2.84. The SMILES string of the molecule is COc1ccc2cc(C(C)C(=O)OCC[C@@]3(C)CCc4c(C)c(O)c(C)c(C)c4C3)ccc2c1. The second-order valence-electron chi connectivity index (χ2n) is 10.3. The van der Waals surface area contributed by atoms with Crippen molar-refractivity contribution in [2.24, 2.45) is 5.41 Å². The first-order chi connectivity index (χ1) is 16.1. The molecular weight excluding hydrogens is 424 g/mol. The van der Waals surface area contributed by atoms with Crippen LogP contribution in [0, 0.1) is 26.2 Å². The average molecular weight is 461 g/mol. The minimum atomic E-state index is -0.318. The Balaban J connectivity index is 1.40. The Morgan fingerprint density at radius 2 is 1.74 bits per heavy atom. The molecule has 4 heteroatoms. The van der Waals surface area contributed by atoms with E-state index >= 15 is 0 Å². The van der Waals surface area contributed by atoms with Crippen LogP contribution in [0.1, 0.15) is 66.0 Å². The Kier molecular flexibility index (Phi) is 6.62. The van der Waals surface area contributed by atoms with Crippen molar-refractivity contribution in [1.29, 1.82) is 0 Å². The number of hydrogen-bond donors (Lipinski definition) is 1. The van der Waals surface area contributed by atoms with Crippen molar-refractivity contribution < 1.29 is 19.4 Å². The Morgan fingerprint density at radius 3 is 2.47 bits per heavy atom. The van der Waals surface area contributed by atoms with Crippen LogP contribution in [0.5, 0.6) is 11.5 Å². The Labute approximate surface area is 202 Å². The van der Waals surface area contributed by atoms with E-state index in [1.807, 2.05) is 51.1 Å². The number of fused-ring (bicyclic) bond motifs is 2. The Hall–Kier alpha value is -3.01. The van der Waals surface area contributed by atoms with E-state index < -0.39 is 0 Å². The molecule has 2 atom stereocenters. The van der Waals surface area contributed by atoms with Crippen LogP contribution in [0.25, 0.3) is 10.8 Å². The van der Waals surface area contributed by atoms with Crippen molar-refractivity contribution in [3.8, 4) is 11.5 Å². The van der Waals surface area contributed by atoms with Crippen molar-refractivity contribution in [2.45, 2.75) is 66.2 Å². The molecule has 1 N–H and O–H groups in total. The molecule has 0 heterocycles. The number of rotatable bonds is 6. The molecule has 0 spiro atoms. The minimum Gasteiger partial charge on any atom is -0.507 e. The number of benzene rings is 3. The summed E-state index contributed by atoms with van der Waals surface area (Å²) < 4.78 is 11.1. The highest BCUT2D eigenvalue weighted by Crippen LogP contribution is 2.43. The van der Waals surface area contributed by atoms with Gasteiger partial charge < -0.3 is 14.6 Å². The van der Waals surface area contributed by atoms with Crippen LogP contribution >= 0.6 is 0 Å². The highest BCUT2D eigenvalue weighted by molar-refractivity contribution is 5.86. The predicted molar refractivity (Wildman–Crippen MR) is 137 cm³/mol. The molecule has 1 aliphatic carbocycles. The third kappa shape index (κ3) is 4.51. The highest BCUT2D eigenvalue weighted by atomic mass is 16.5. The van der Waals surface area contributed by atoms with Gasteiger partial charge in [-0.1, -0.05) is 31.2 Å². The first kappa shape index (κ1) is 24.1. The lowest BCUT2D eigenvalue weighted by Crippen LogP contribution is -2.29. The van der Waals surface area contributed by atoms with Gasteiger partial charge in [0.15, 0.2) is 0 Å². The lowest BCUT2D eigenvalue weighted by molar-refractivity contribution is -0.145. The Bertz CT molecular complexity index is 1240. The maximum Gasteiger partial charge on any atom is 0.313 e. The van der Waals surface area contributed by atoms with Crippen LogP contribution in [-0.2, 0) is 22.4 Å². The van der Waals surface area contributed by atoms with Crippen LogP contribution in [0.3, 0.4) is 0 Å². The number of phenolic OH excluding ortho intramolecular Hbond substituents is 1. The number of hydrogen-bond acceptors (Lipinski definition) is 4. The van der Waals surface area contributed by atoms with E-state index in [9.17, 15) is 9.90 Å². The van der Waals surface area contributed by atoms with E-state index in [1.165, 1.54) is 16.7 Å². The summed E-state index contributed by atoms with van der Waals surface area (Å²) in [5.41, 5.74) is 6.92. The zero-order chi connectivity index (χ0) is 24.6. The van der Waals surface area contributed by atoms with E-state index in [0.717, 1.165) is 58.9 Å². The first-order valence-electron chi connectivity index (χ1n) is 12.2. The second kappa shape index (κ2) is 9.32. The summed E-state index contributed by atoms with van der Waals surface area (Å²) in [6, 6.07) is 12.0. The molecule has 0 saturated heterocycles. The molecule has 0 bridgehead atoms. The normalized spacial score (nSPS) is 18.4. The fourth-order valence-corrected chi connectivity index (χ4v) is 5.31. The molecule has 3 aromatic carbocycles. The van der Waals surface area contributed by atoms with Gasteiger partial charge in [-0.05, 0) is 115 Å². The number of phenols is 1. The van der Waals surface area contributed by atoms with E-state index in [-0.39, 0.29) is 17.3 Å². The maximum absolute atomic E-state index is 12.8. The Morgan fingerprint density at radius 1 is 1.03 bits per heavy atom. The molecule has 0 aliphatic heterocycles. The standard InChI is InChI=1S/C30H36O4/c1-18-19(2)28(31)21(4)26-11-12-30(5,17-27(18)26)13-14-34-29(32)20(3)22-7-8-24-16-25(33-6)10-9-23(24)15-22/h7-10,15-16,20,31H,11-14,17H2,1-6H3/t20?,30-/m1/s1. The zero-order valence-corrected chi connectivity index (χ0v) is 21.2. The first-order valence-corrected chi connectivity index (χ1v) is 12.2. The summed E-state index contributed by atoms with van der Waals surface area (Å²) in [5, 5.41) is 12.6. The molecular formula is C30H36O4. The summed E-state index contributed by atoms with van der Waals surface area (Å²) in [4.78, 5) is 12.8. The molecule has 34 heavy (non-hydrogen) atoms. The van der Waals surface area contributed by atoms with Crippen LogP contribution < -0.4 is 4.74 Å². The van der Waals surface area contributed by atoms with Crippen molar-refractivity contribution >= 4 is 16.7 Å². The molecule has 0 fully saturated rings. The van der Waals surface area contributed by atoms with Gasteiger partial charge in [0.25, 0.3) is 0 Å². The fourth-order valence-electron chi connectivity index (χ4n) is 5.31. The molecule has 4 nitrogen and oxygen atoms in total. The molecule has 180 valence electrons. The number of methoxy groups -OCH3 is 1. The number of carbonyl (C=O) groups is 1. The summed E-state index contributed by atoms with van der Waals surface area (Å²) >= 11 is 0. The van der Waals surface area contributed by atoms with Crippen molar-refractivity contribution in [1.82, 2.24) is 0 Å². The van der Waals surface area contributed by atoms with Gasteiger partial charge in [-0.2, -0.15) is 0 Å². The predicted octanol–water partition coefficient (Wildman–Crippen LogP) is 6.71. The molecule has 0 saturated carbocycles. The maximum atomic E-state index is 12.8. The van der Waals surface area contributed by atoms with Crippen LogP contribution in [0.15, 0.2) is 36.4 Å². The van der Waals surface area contributed by atoms with Gasteiger partial charge in [0.2, 0.25) is 0 Å². The van der Waals surface area contributed by atoms with Crippen LogP contribution in [0.4, 0.5) is 0 Å². The van der Waals surface area contributed by atoms with Crippen molar-refractivity contribution in [3.63, 3.8) is 0 Å². The summed E-state index contributed by atoms with van der Waals surface area (Å²) in [5.74, 6) is 0.766. The van der Waals surface area contributed by atoms with Gasteiger partial charge in [0, 0.05) is 0 Å². The number of carbonyl (C=O) groups excluding carboxylic acids is 1. The van der Waals surface area contributed by atoms with Gasteiger partial charge in [0.05, 0.1) is 19.6 Å². The molecule has 4 rings (SSSR count). The number of aromatic hydroxyl groups is 1. The number of esters is 1. The smallest absolute Gasteiger partial charge is 0.313 e. The second-order valence-corrected chi connectivity index (χ2v) is 10.3. The molecule has 0 amide bonds. The quantitative estimate of drug-likeness (QED) is 0.415. The topological polar surface area (TPSA) is 55.8 Å². The molecule has 0 aromatic heterocycles. The molecule has 1 aliphatic rings. The van der Waals surface area contributed by atoms with Crippen LogP contribution in [0.2, 0.25) is 0 Å². The van der Waals surface area contributed by atoms with E-state index in [4.69, 9.17) is 9.47 Å². The third-order valence-electron chi connectivity index (χ3n) is 8.00. The highest BCUT2D eigenvalue weighted by Gasteiger charge is 2.33. The van der Waals surface area contributed by atoms with E-state index in [0.29, 0.717) is 12.4 Å². The van der Waals surface area contributed by atoms with Gasteiger partial charge in [-0.15, -0.1) is 0 Å². The van der Waals surface area contributed by atoms with E-state index in [2.05, 4.69) is 19.9 Å². The molecule has 0 radical (unpaired) electrons. The summed E-state index contributed by atoms with van der Waals surface area (Å²) in [6.45, 7) is 10.8. The zero-order valence-electron chi connectivity index (χ0n) is 21.2. The lowest BCUT2D eigenvalue weighted by atomic mass is 9.68. The largest absolute Gasteiger partial charge is 0.507 e. The number of ether oxygens (including phenoxy) is 2. The lowest BCUT2D eigenvalue weighted by Gasteiger charge is -2.37. The van der Waals surface area contributed by atoms with Crippen molar-refractivity contribution in [3.05, 3.63) is 69.8 Å². The minimum absolute atomic E-state index is 0.0825.